The molecule has 0 unspecified atom stereocenters. The fraction of sp³-hybridized carbons (Fsp3) is 0.571. The first-order valence-electron chi connectivity index (χ1n) is 6.11. The fourth-order valence-corrected chi connectivity index (χ4v) is 2.19. The van der Waals surface area contributed by atoms with Crippen LogP contribution in [0, 0.1) is 0 Å². The predicted octanol–water partition coefficient (Wildman–Crippen LogP) is 3.66. The molecule has 4 heteroatoms. The van der Waals surface area contributed by atoms with Gasteiger partial charge in [0.25, 0.3) is 0 Å². The average Bonchev–Trinajstić information content (AvgIpc) is 2.22. The van der Waals surface area contributed by atoms with E-state index in [2.05, 4.69) is 15.9 Å². The van der Waals surface area contributed by atoms with Crippen LogP contribution in [0.4, 0.5) is 0 Å². The van der Waals surface area contributed by atoms with Crippen molar-refractivity contribution in [1.82, 2.24) is 0 Å². The van der Waals surface area contributed by atoms with Crippen molar-refractivity contribution in [2.24, 2.45) is 5.73 Å². The third kappa shape index (κ3) is 5.38. The van der Waals surface area contributed by atoms with Crippen LogP contribution in [-0.2, 0) is 4.74 Å². The van der Waals surface area contributed by atoms with Crippen molar-refractivity contribution >= 4 is 15.9 Å². The number of nitrogens with two attached hydrogens (primary N) is 1. The number of hydrogen-bond donors (Lipinski definition) is 1. The fourth-order valence-electron chi connectivity index (χ4n) is 1.47. The highest BCUT2D eigenvalue weighted by Gasteiger charge is 2.10. The summed E-state index contributed by atoms with van der Waals surface area (Å²) in [6.45, 7) is 9.16. The van der Waals surface area contributed by atoms with Gasteiger partial charge in [-0.05, 0) is 45.4 Å². The van der Waals surface area contributed by atoms with Crippen LogP contribution in [0.1, 0.15) is 39.3 Å². The predicted molar refractivity (Wildman–Crippen MR) is 77.9 cm³/mol. The molecule has 0 amide bonds. The number of hydrogen-bond acceptors (Lipinski definition) is 3. The Bertz CT molecular complexity index is 386. The van der Waals surface area contributed by atoms with E-state index >= 15 is 0 Å². The lowest BCUT2D eigenvalue weighted by Gasteiger charge is -2.19. The molecule has 0 saturated carbocycles. The van der Waals surface area contributed by atoms with Crippen LogP contribution in [0.2, 0.25) is 0 Å². The minimum absolute atomic E-state index is 0.0117. The van der Waals surface area contributed by atoms with Crippen LogP contribution >= 0.6 is 15.9 Å². The van der Waals surface area contributed by atoms with Crippen LogP contribution < -0.4 is 10.5 Å². The van der Waals surface area contributed by atoms with Crippen LogP contribution in [0.5, 0.6) is 5.75 Å². The second-order valence-corrected chi connectivity index (χ2v) is 6.14. The topological polar surface area (TPSA) is 44.5 Å². The maximum absolute atomic E-state index is 5.84. The number of rotatable bonds is 5. The van der Waals surface area contributed by atoms with E-state index in [1.165, 1.54) is 0 Å². The standard InChI is InChI=1S/C14H22BrNO2/c1-10(16)12-6-5-11(9-13(12)15)17-7-8-18-14(2,3)4/h5-6,9-10H,7-8,16H2,1-4H3/t10-/m1/s1. The lowest BCUT2D eigenvalue weighted by molar-refractivity contribution is -0.0163. The molecule has 0 aromatic heterocycles. The maximum atomic E-state index is 5.84. The quantitative estimate of drug-likeness (QED) is 0.843. The molecular formula is C14H22BrNO2. The molecule has 0 spiro atoms. The number of benzene rings is 1. The molecule has 0 aliphatic rings. The van der Waals surface area contributed by atoms with Gasteiger partial charge < -0.3 is 15.2 Å². The summed E-state index contributed by atoms with van der Waals surface area (Å²) in [7, 11) is 0. The highest BCUT2D eigenvalue weighted by atomic mass is 79.9. The Labute approximate surface area is 118 Å². The largest absolute Gasteiger partial charge is 0.491 e. The Morgan fingerprint density at radius 3 is 2.44 bits per heavy atom. The lowest BCUT2D eigenvalue weighted by atomic mass is 10.1. The zero-order valence-electron chi connectivity index (χ0n) is 11.5. The van der Waals surface area contributed by atoms with Gasteiger partial charge in [-0.1, -0.05) is 22.0 Å². The van der Waals surface area contributed by atoms with Crippen LogP contribution in [0.15, 0.2) is 22.7 Å². The number of ether oxygens (including phenoxy) is 2. The molecule has 102 valence electrons. The third-order valence-electron chi connectivity index (χ3n) is 2.35. The molecule has 18 heavy (non-hydrogen) atoms. The van der Waals surface area contributed by atoms with Crippen LogP contribution in [0.25, 0.3) is 0 Å². The number of halogens is 1. The van der Waals surface area contributed by atoms with E-state index in [1.807, 2.05) is 45.9 Å². The molecule has 0 fully saturated rings. The first kappa shape index (κ1) is 15.5. The average molecular weight is 316 g/mol. The summed E-state index contributed by atoms with van der Waals surface area (Å²) in [6.07, 6.45) is 0. The van der Waals surface area contributed by atoms with E-state index in [0.717, 1.165) is 15.8 Å². The molecule has 2 N–H and O–H groups in total. The summed E-state index contributed by atoms with van der Waals surface area (Å²) in [6, 6.07) is 5.86. The van der Waals surface area contributed by atoms with Gasteiger partial charge in [-0.15, -0.1) is 0 Å². The molecule has 0 aliphatic carbocycles. The molecule has 0 heterocycles. The Morgan fingerprint density at radius 2 is 1.94 bits per heavy atom. The molecule has 1 rings (SSSR count). The van der Waals surface area contributed by atoms with Gasteiger partial charge in [0.1, 0.15) is 12.4 Å². The van der Waals surface area contributed by atoms with Gasteiger partial charge in [0, 0.05) is 10.5 Å². The second-order valence-electron chi connectivity index (χ2n) is 5.28. The van der Waals surface area contributed by atoms with E-state index in [4.69, 9.17) is 15.2 Å². The molecule has 3 nitrogen and oxygen atoms in total. The van der Waals surface area contributed by atoms with Crippen molar-refractivity contribution in [3.05, 3.63) is 28.2 Å². The molecule has 1 aromatic rings. The smallest absolute Gasteiger partial charge is 0.120 e. The second kappa shape index (κ2) is 6.55. The Hall–Kier alpha value is -0.580. The molecule has 0 saturated heterocycles. The van der Waals surface area contributed by atoms with Crippen molar-refractivity contribution in [2.75, 3.05) is 13.2 Å². The third-order valence-corrected chi connectivity index (χ3v) is 3.04. The lowest BCUT2D eigenvalue weighted by Crippen LogP contribution is -2.22. The molecule has 0 aliphatic heterocycles. The molecule has 0 radical (unpaired) electrons. The van der Waals surface area contributed by atoms with Gasteiger partial charge in [-0.25, -0.2) is 0 Å². The molecule has 1 atom stereocenters. The van der Waals surface area contributed by atoms with Gasteiger partial charge in [0.05, 0.1) is 12.2 Å². The van der Waals surface area contributed by atoms with Gasteiger partial charge >= 0.3 is 0 Å². The van der Waals surface area contributed by atoms with Crippen LogP contribution in [-0.4, -0.2) is 18.8 Å². The van der Waals surface area contributed by atoms with Crippen molar-refractivity contribution in [2.45, 2.75) is 39.3 Å². The molecular weight excluding hydrogens is 294 g/mol. The zero-order valence-corrected chi connectivity index (χ0v) is 13.1. The summed E-state index contributed by atoms with van der Waals surface area (Å²) >= 11 is 3.50. The van der Waals surface area contributed by atoms with Crippen molar-refractivity contribution in [3.8, 4) is 5.75 Å². The van der Waals surface area contributed by atoms with E-state index in [9.17, 15) is 0 Å². The Balaban J connectivity index is 2.47. The summed E-state index contributed by atoms with van der Waals surface area (Å²) in [4.78, 5) is 0. The van der Waals surface area contributed by atoms with Gasteiger partial charge in [-0.3, -0.25) is 0 Å². The summed E-state index contributed by atoms with van der Waals surface area (Å²) in [5.41, 5.74) is 6.80. The minimum Gasteiger partial charge on any atom is -0.491 e. The summed E-state index contributed by atoms with van der Waals surface area (Å²) in [5, 5.41) is 0. The summed E-state index contributed by atoms with van der Waals surface area (Å²) < 4.78 is 12.2. The first-order chi connectivity index (χ1) is 8.29. The van der Waals surface area contributed by atoms with Gasteiger partial charge in [0.2, 0.25) is 0 Å². The van der Waals surface area contributed by atoms with Gasteiger partial charge in [-0.2, -0.15) is 0 Å². The highest BCUT2D eigenvalue weighted by Crippen LogP contribution is 2.26. The molecule has 0 bridgehead atoms. The van der Waals surface area contributed by atoms with E-state index in [1.54, 1.807) is 0 Å². The van der Waals surface area contributed by atoms with Crippen molar-refractivity contribution in [3.63, 3.8) is 0 Å². The van der Waals surface area contributed by atoms with Gasteiger partial charge in [0.15, 0.2) is 0 Å². The monoisotopic (exact) mass is 315 g/mol. The van der Waals surface area contributed by atoms with Crippen LogP contribution in [0.3, 0.4) is 0 Å². The normalized spacial score (nSPS) is 13.4. The Morgan fingerprint density at radius 1 is 1.28 bits per heavy atom. The van der Waals surface area contributed by atoms with E-state index in [0.29, 0.717) is 13.2 Å². The first-order valence-corrected chi connectivity index (χ1v) is 6.90. The van der Waals surface area contributed by atoms with E-state index in [-0.39, 0.29) is 11.6 Å². The Kier molecular flexibility index (Phi) is 5.63. The minimum atomic E-state index is -0.122. The van der Waals surface area contributed by atoms with E-state index < -0.39 is 0 Å². The maximum Gasteiger partial charge on any atom is 0.120 e. The van der Waals surface area contributed by atoms with Crippen molar-refractivity contribution < 1.29 is 9.47 Å². The summed E-state index contributed by atoms with van der Waals surface area (Å²) in [5.74, 6) is 0.823. The SMILES string of the molecule is C[C@@H](N)c1ccc(OCCOC(C)(C)C)cc1Br. The van der Waals surface area contributed by atoms with Crippen molar-refractivity contribution in [1.29, 1.82) is 0 Å². The molecule has 1 aromatic carbocycles. The highest BCUT2D eigenvalue weighted by molar-refractivity contribution is 9.10. The zero-order chi connectivity index (χ0) is 13.8.